The van der Waals surface area contributed by atoms with E-state index >= 15 is 0 Å². The van der Waals surface area contributed by atoms with Crippen LogP contribution in [0.15, 0.2) is 0 Å². The van der Waals surface area contributed by atoms with Crippen molar-refractivity contribution in [1.29, 1.82) is 5.26 Å². The molecule has 0 spiro atoms. The van der Waals surface area contributed by atoms with Crippen molar-refractivity contribution in [2.75, 3.05) is 30.8 Å². The number of anilines is 2. The molecule has 0 radical (unpaired) electrons. The molecule has 0 bridgehead atoms. The molecule has 17 heavy (non-hydrogen) atoms. The highest BCUT2D eigenvalue weighted by Gasteiger charge is 2.27. The molecule has 1 aliphatic heterocycles. The molecule has 92 valence electrons. The third-order valence-electron chi connectivity index (χ3n) is 3.21. The number of hydrogen-bond donors (Lipinski definition) is 2. The molecule has 5 nitrogen and oxygen atoms in total. The third-order valence-corrected chi connectivity index (χ3v) is 4.02. The SMILES string of the molecule is CC1(CNc2snc(N)c2C#N)CCOCC1. The molecule has 1 fully saturated rings. The number of ether oxygens (including phenoxy) is 1. The summed E-state index contributed by atoms with van der Waals surface area (Å²) in [5, 5.41) is 13.0. The largest absolute Gasteiger partial charge is 0.382 e. The lowest BCUT2D eigenvalue weighted by Gasteiger charge is -2.33. The first-order valence-corrected chi connectivity index (χ1v) is 6.39. The fourth-order valence-electron chi connectivity index (χ4n) is 1.87. The van der Waals surface area contributed by atoms with Crippen LogP contribution in [-0.2, 0) is 4.74 Å². The molecule has 3 N–H and O–H groups in total. The summed E-state index contributed by atoms with van der Waals surface area (Å²) in [6.07, 6.45) is 2.08. The first kappa shape index (κ1) is 12.1. The van der Waals surface area contributed by atoms with Crippen molar-refractivity contribution >= 4 is 22.4 Å². The van der Waals surface area contributed by atoms with Gasteiger partial charge < -0.3 is 15.8 Å². The van der Waals surface area contributed by atoms with Gasteiger partial charge in [0.15, 0.2) is 5.82 Å². The Morgan fingerprint density at radius 1 is 1.59 bits per heavy atom. The Kier molecular flexibility index (Phi) is 3.50. The highest BCUT2D eigenvalue weighted by molar-refractivity contribution is 7.10. The van der Waals surface area contributed by atoms with E-state index in [1.54, 1.807) is 0 Å². The molecule has 0 atom stereocenters. The summed E-state index contributed by atoms with van der Waals surface area (Å²) in [7, 11) is 0. The highest BCUT2D eigenvalue weighted by atomic mass is 32.1. The minimum Gasteiger partial charge on any atom is -0.382 e. The van der Waals surface area contributed by atoms with Gasteiger partial charge in [-0.1, -0.05) is 6.92 Å². The Morgan fingerprint density at radius 3 is 2.94 bits per heavy atom. The van der Waals surface area contributed by atoms with Crippen LogP contribution in [0.2, 0.25) is 0 Å². The quantitative estimate of drug-likeness (QED) is 0.857. The molecule has 0 aromatic carbocycles. The van der Waals surface area contributed by atoms with Gasteiger partial charge in [0.2, 0.25) is 0 Å². The Labute approximate surface area is 105 Å². The molecule has 1 aliphatic rings. The minimum atomic E-state index is 0.226. The number of aromatic nitrogens is 1. The van der Waals surface area contributed by atoms with E-state index in [4.69, 9.17) is 15.7 Å². The van der Waals surface area contributed by atoms with E-state index in [0.29, 0.717) is 11.4 Å². The maximum atomic E-state index is 8.97. The normalized spacial score (nSPS) is 18.6. The number of rotatable bonds is 3. The van der Waals surface area contributed by atoms with Gasteiger partial charge in [-0.25, -0.2) is 0 Å². The van der Waals surface area contributed by atoms with Crippen LogP contribution in [0.3, 0.4) is 0 Å². The molecule has 1 aromatic rings. The molecule has 0 amide bonds. The van der Waals surface area contributed by atoms with Crippen LogP contribution >= 0.6 is 11.5 Å². The summed E-state index contributed by atoms with van der Waals surface area (Å²) >= 11 is 1.25. The van der Waals surface area contributed by atoms with E-state index in [0.717, 1.165) is 37.6 Å². The van der Waals surface area contributed by atoms with Crippen molar-refractivity contribution in [2.45, 2.75) is 19.8 Å². The Hall–Kier alpha value is -1.32. The van der Waals surface area contributed by atoms with Gasteiger partial charge >= 0.3 is 0 Å². The van der Waals surface area contributed by atoms with Crippen molar-refractivity contribution in [3.63, 3.8) is 0 Å². The lowest BCUT2D eigenvalue weighted by Crippen LogP contribution is -2.33. The van der Waals surface area contributed by atoms with Gasteiger partial charge in [0.05, 0.1) is 0 Å². The van der Waals surface area contributed by atoms with Crippen LogP contribution in [-0.4, -0.2) is 24.1 Å². The van der Waals surface area contributed by atoms with Gasteiger partial charge in [-0.3, -0.25) is 0 Å². The zero-order valence-corrected chi connectivity index (χ0v) is 10.6. The van der Waals surface area contributed by atoms with E-state index in [1.165, 1.54) is 11.5 Å². The molecule has 1 aromatic heterocycles. The smallest absolute Gasteiger partial charge is 0.157 e. The maximum Gasteiger partial charge on any atom is 0.157 e. The summed E-state index contributed by atoms with van der Waals surface area (Å²) in [5.74, 6) is 0.317. The Morgan fingerprint density at radius 2 is 2.29 bits per heavy atom. The van der Waals surface area contributed by atoms with Crippen LogP contribution in [0, 0.1) is 16.7 Å². The zero-order valence-electron chi connectivity index (χ0n) is 9.82. The van der Waals surface area contributed by atoms with E-state index in [-0.39, 0.29) is 5.41 Å². The van der Waals surface area contributed by atoms with Gasteiger partial charge in [-0.05, 0) is 29.8 Å². The van der Waals surface area contributed by atoms with Crippen LogP contribution in [0.1, 0.15) is 25.3 Å². The number of hydrogen-bond acceptors (Lipinski definition) is 6. The van der Waals surface area contributed by atoms with Gasteiger partial charge in [0.25, 0.3) is 0 Å². The first-order valence-electron chi connectivity index (χ1n) is 5.61. The van der Waals surface area contributed by atoms with Gasteiger partial charge in [0, 0.05) is 19.8 Å². The summed E-state index contributed by atoms with van der Waals surface area (Å²) < 4.78 is 9.34. The molecular weight excluding hydrogens is 236 g/mol. The number of nitrogens with zero attached hydrogens (tertiary/aromatic N) is 2. The Balaban J connectivity index is 2.00. The highest BCUT2D eigenvalue weighted by Crippen LogP contribution is 2.32. The average Bonchev–Trinajstić information content (AvgIpc) is 2.68. The zero-order chi connectivity index (χ0) is 12.3. The van der Waals surface area contributed by atoms with Gasteiger partial charge in [-0.15, -0.1) is 0 Å². The van der Waals surface area contributed by atoms with Gasteiger partial charge in [-0.2, -0.15) is 9.64 Å². The molecular formula is C11H16N4OS. The molecule has 1 saturated heterocycles. The predicted molar refractivity (Wildman–Crippen MR) is 67.9 cm³/mol. The summed E-state index contributed by atoms with van der Waals surface area (Å²) in [4.78, 5) is 0. The number of nitrogens with one attached hydrogen (secondary N) is 1. The van der Waals surface area contributed by atoms with Crippen molar-refractivity contribution in [1.82, 2.24) is 4.37 Å². The van der Waals surface area contributed by atoms with Crippen LogP contribution in [0.5, 0.6) is 0 Å². The second-order valence-corrected chi connectivity index (χ2v) is 5.43. The Bertz CT molecular complexity index is 431. The minimum absolute atomic E-state index is 0.226. The lowest BCUT2D eigenvalue weighted by atomic mass is 9.82. The fraction of sp³-hybridized carbons (Fsp3) is 0.636. The number of nitrogen functional groups attached to an aromatic ring is 1. The van der Waals surface area contributed by atoms with E-state index in [2.05, 4.69) is 22.7 Å². The van der Waals surface area contributed by atoms with Crippen molar-refractivity contribution in [3.05, 3.63) is 5.56 Å². The summed E-state index contributed by atoms with van der Waals surface area (Å²) in [5.41, 5.74) is 6.30. The maximum absolute atomic E-state index is 8.97. The van der Waals surface area contributed by atoms with Crippen LogP contribution in [0.4, 0.5) is 10.8 Å². The fourth-order valence-corrected chi connectivity index (χ4v) is 2.52. The monoisotopic (exact) mass is 252 g/mol. The molecule has 2 rings (SSSR count). The average molecular weight is 252 g/mol. The standard InChI is InChI=1S/C11H16N4OS/c1-11(2-4-16-5-3-11)7-14-10-8(6-12)9(13)15-17-10/h14H,2-5,7H2,1H3,(H2,13,15). The third kappa shape index (κ3) is 2.68. The predicted octanol–water partition coefficient (Wildman–Crippen LogP) is 1.83. The molecule has 0 saturated carbocycles. The van der Waals surface area contributed by atoms with Crippen molar-refractivity contribution in [2.24, 2.45) is 5.41 Å². The van der Waals surface area contributed by atoms with Crippen LogP contribution in [0.25, 0.3) is 0 Å². The van der Waals surface area contributed by atoms with E-state index in [1.807, 2.05) is 0 Å². The molecule has 0 unspecified atom stereocenters. The second kappa shape index (κ2) is 4.90. The topological polar surface area (TPSA) is 84.0 Å². The number of nitriles is 1. The molecule has 6 heteroatoms. The van der Waals surface area contributed by atoms with Crippen LogP contribution < -0.4 is 11.1 Å². The van der Waals surface area contributed by atoms with E-state index < -0.39 is 0 Å². The van der Waals surface area contributed by atoms with Crippen molar-refractivity contribution < 1.29 is 4.74 Å². The second-order valence-electron chi connectivity index (χ2n) is 4.66. The number of nitrogens with two attached hydrogens (primary N) is 1. The van der Waals surface area contributed by atoms with Crippen molar-refractivity contribution in [3.8, 4) is 6.07 Å². The van der Waals surface area contributed by atoms with E-state index in [9.17, 15) is 0 Å². The summed E-state index contributed by atoms with van der Waals surface area (Å²) in [6.45, 7) is 4.69. The van der Waals surface area contributed by atoms with Gasteiger partial charge in [0.1, 0.15) is 16.6 Å². The summed E-state index contributed by atoms with van der Waals surface area (Å²) in [6, 6.07) is 2.08. The molecule has 0 aliphatic carbocycles. The molecule has 2 heterocycles. The first-order chi connectivity index (χ1) is 8.14. The lowest BCUT2D eigenvalue weighted by molar-refractivity contribution is 0.0300.